The number of halogens is 2. The number of anilines is 1. The predicted molar refractivity (Wildman–Crippen MR) is 137 cm³/mol. The van der Waals surface area contributed by atoms with Gasteiger partial charge in [0, 0.05) is 45.5 Å². The minimum absolute atomic E-state index is 0. The molecule has 2 heterocycles. The third kappa shape index (κ3) is 7.92. The lowest BCUT2D eigenvalue weighted by molar-refractivity contribution is 0.312. The molecule has 1 aliphatic rings. The Morgan fingerprint density at radius 2 is 1.90 bits per heavy atom. The summed E-state index contributed by atoms with van der Waals surface area (Å²) >= 11 is 0. The van der Waals surface area contributed by atoms with Gasteiger partial charge in [0.2, 0.25) is 0 Å². The molecule has 0 amide bonds. The van der Waals surface area contributed by atoms with Crippen molar-refractivity contribution in [3.8, 4) is 0 Å². The van der Waals surface area contributed by atoms with Crippen LogP contribution in [-0.4, -0.2) is 62.2 Å². The predicted octanol–water partition coefficient (Wildman–Crippen LogP) is 3.20. The molecule has 1 aromatic carbocycles. The number of aliphatic imine (C=N–C) groups is 1. The van der Waals surface area contributed by atoms with E-state index in [1.807, 2.05) is 25.3 Å². The summed E-state index contributed by atoms with van der Waals surface area (Å²) in [7, 11) is 2.16. The van der Waals surface area contributed by atoms with Gasteiger partial charge in [-0.25, -0.2) is 14.4 Å². The van der Waals surface area contributed by atoms with Crippen molar-refractivity contribution in [2.75, 3.05) is 51.2 Å². The lowest BCUT2D eigenvalue weighted by Gasteiger charge is -2.33. The number of rotatable bonds is 7. The minimum Gasteiger partial charge on any atom is -0.357 e. The monoisotopic (exact) mass is 540 g/mol. The van der Waals surface area contributed by atoms with Crippen molar-refractivity contribution in [3.05, 3.63) is 59.0 Å². The molecular formula is C23H34FIN6. The number of likely N-dealkylation sites (N-methyl/N-ethyl adjacent to an activating group) is 1. The summed E-state index contributed by atoms with van der Waals surface area (Å²) in [6.07, 6.45) is 2.69. The molecule has 2 N–H and O–H groups in total. The van der Waals surface area contributed by atoms with E-state index in [-0.39, 0.29) is 29.8 Å². The van der Waals surface area contributed by atoms with E-state index >= 15 is 0 Å². The Bertz CT molecular complexity index is 852. The van der Waals surface area contributed by atoms with Gasteiger partial charge in [-0.3, -0.25) is 0 Å². The highest BCUT2D eigenvalue weighted by atomic mass is 127. The maximum atomic E-state index is 13.3. The molecular weight excluding hydrogens is 506 g/mol. The Balaban J connectivity index is 0.00000341. The Hall–Kier alpha value is -1.94. The van der Waals surface area contributed by atoms with Crippen molar-refractivity contribution in [1.82, 2.24) is 20.5 Å². The number of aromatic nitrogens is 1. The van der Waals surface area contributed by atoms with Crippen LogP contribution in [0.3, 0.4) is 0 Å². The molecule has 6 nitrogen and oxygen atoms in total. The maximum absolute atomic E-state index is 13.3. The van der Waals surface area contributed by atoms with Crippen molar-refractivity contribution >= 4 is 35.8 Å². The summed E-state index contributed by atoms with van der Waals surface area (Å²) in [5.41, 5.74) is 3.27. The van der Waals surface area contributed by atoms with E-state index < -0.39 is 0 Å². The smallest absolute Gasteiger partial charge is 0.191 e. The van der Waals surface area contributed by atoms with Gasteiger partial charge in [-0.05, 0) is 68.3 Å². The van der Waals surface area contributed by atoms with Gasteiger partial charge in [0.25, 0.3) is 0 Å². The summed E-state index contributed by atoms with van der Waals surface area (Å²) in [6, 6.07) is 9.11. The zero-order valence-corrected chi connectivity index (χ0v) is 21.0. The van der Waals surface area contributed by atoms with E-state index in [4.69, 9.17) is 4.99 Å². The van der Waals surface area contributed by atoms with Gasteiger partial charge in [-0.2, -0.15) is 0 Å². The number of aryl methyl sites for hydroxylation is 1. The standard InChI is InChI=1S/C23H33FN6.HI/c1-4-25-23(27-10-8-20-5-6-21(24)15-18(20)2)28-17-19-7-9-26-22(16-19)30-13-11-29(3)12-14-30;/h5-7,9,15-16H,4,8,10-14,17H2,1-3H3,(H2,25,27,28);1H. The van der Waals surface area contributed by atoms with Crippen molar-refractivity contribution < 1.29 is 4.39 Å². The van der Waals surface area contributed by atoms with Gasteiger partial charge >= 0.3 is 0 Å². The number of piperazine rings is 1. The lowest BCUT2D eigenvalue weighted by Crippen LogP contribution is -2.44. The SMILES string of the molecule is CCNC(=NCc1ccnc(N2CCN(C)CC2)c1)NCCc1ccc(F)cc1C.I. The van der Waals surface area contributed by atoms with E-state index in [2.05, 4.69) is 45.5 Å². The third-order valence-electron chi connectivity index (χ3n) is 5.39. The van der Waals surface area contributed by atoms with Crippen molar-refractivity contribution in [2.24, 2.45) is 4.99 Å². The fourth-order valence-electron chi connectivity index (χ4n) is 3.53. The van der Waals surface area contributed by atoms with E-state index in [9.17, 15) is 4.39 Å². The first kappa shape index (κ1) is 25.3. The summed E-state index contributed by atoms with van der Waals surface area (Å²) in [5.74, 6) is 1.63. The molecule has 3 rings (SSSR count). The Morgan fingerprint density at radius 3 is 2.61 bits per heavy atom. The van der Waals surface area contributed by atoms with E-state index in [1.54, 1.807) is 6.07 Å². The number of hydrogen-bond donors (Lipinski definition) is 2. The summed E-state index contributed by atoms with van der Waals surface area (Å²) in [4.78, 5) is 14.0. The van der Waals surface area contributed by atoms with Crippen LogP contribution in [0.1, 0.15) is 23.6 Å². The Morgan fingerprint density at radius 1 is 1.13 bits per heavy atom. The van der Waals surface area contributed by atoms with Crippen LogP contribution in [0.5, 0.6) is 0 Å². The normalized spacial score (nSPS) is 14.8. The molecule has 1 saturated heterocycles. The molecule has 0 bridgehead atoms. The van der Waals surface area contributed by atoms with Crippen LogP contribution in [0.25, 0.3) is 0 Å². The molecule has 0 unspecified atom stereocenters. The molecule has 170 valence electrons. The van der Waals surface area contributed by atoms with Crippen LogP contribution in [0.2, 0.25) is 0 Å². The number of nitrogens with one attached hydrogen (secondary N) is 2. The summed E-state index contributed by atoms with van der Waals surface area (Å²) in [6.45, 7) is 10.3. The molecule has 1 fully saturated rings. The highest BCUT2D eigenvalue weighted by Gasteiger charge is 2.15. The first-order chi connectivity index (χ1) is 14.5. The summed E-state index contributed by atoms with van der Waals surface area (Å²) in [5, 5.41) is 6.67. The highest BCUT2D eigenvalue weighted by Crippen LogP contribution is 2.15. The molecule has 0 radical (unpaired) electrons. The van der Waals surface area contributed by atoms with Gasteiger partial charge in [0.1, 0.15) is 11.6 Å². The van der Waals surface area contributed by atoms with Crippen LogP contribution in [0.15, 0.2) is 41.5 Å². The zero-order chi connectivity index (χ0) is 21.3. The minimum atomic E-state index is -0.188. The molecule has 0 saturated carbocycles. The van der Waals surface area contributed by atoms with Crippen LogP contribution in [0.4, 0.5) is 10.2 Å². The molecule has 0 aliphatic carbocycles. The first-order valence-corrected chi connectivity index (χ1v) is 10.7. The topological polar surface area (TPSA) is 55.8 Å². The van der Waals surface area contributed by atoms with Crippen LogP contribution < -0.4 is 15.5 Å². The van der Waals surface area contributed by atoms with Crippen LogP contribution in [0, 0.1) is 12.7 Å². The zero-order valence-electron chi connectivity index (χ0n) is 18.7. The number of guanidine groups is 1. The quantitative estimate of drug-likeness (QED) is 0.321. The number of nitrogens with zero attached hydrogens (tertiary/aromatic N) is 4. The second kappa shape index (κ2) is 12.8. The van der Waals surface area contributed by atoms with Crippen molar-refractivity contribution in [2.45, 2.75) is 26.8 Å². The Labute approximate surface area is 202 Å². The molecule has 0 atom stereocenters. The maximum Gasteiger partial charge on any atom is 0.191 e. The van der Waals surface area contributed by atoms with Gasteiger partial charge < -0.3 is 20.4 Å². The van der Waals surface area contributed by atoms with E-state index in [0.717, 1.165) is 74.2 Å². The second-order valence-corrected chi connectivity index (χ2v) is 7.76. The number of pyridine rings is 1. The Kier molecular flexibility index (Phi) is 10.5. The van der Waals surface area contributed by atoms with Crippen molar-refractivity contribution in [3.63, 3.8) is 0 Å². The fraction of sp³-hybridized carbons (Fsp3) is 0.478. The van der Waals surface area contributed by atoms with Gasteiger partial charge in [0.15, 0.2) is 5.96 Å². The van der Waals surface area contributed by atoms with Crippen molar-refractivity contribution in [1.29, 1.82) is 0 Å². The second-order valence-electron chi connectivity index (χ2n) is 7.76. The van der Waals surface area contributed by atoms with Gasteiger partial charge in [0.05, 0.1) is 6.54 Å². The van der Waals surface area contributed by atoms with Gasteiger partial charge in [-0.1, -0.05) is 6.07 Å². The number of benzene rings is 1. The number of hydrogen-bond acceptors (Lipinski definition) is 4. The largest absolute Gasteiger partial charge is 0.357 e. The molecule has 0 spiro atoms. The molecule has 1 aliphatic heterocycles. The van der Waals surface area contributed by atoms with Crippen LogP contribution >= 0.6 is 24.0 Å². The molecule has 31 heavy (non-hydrogen) atoms. The van der Waals surface area contributed by atoms with Crippen LogP contribution in [-0.2, 0) is 13.0 Å². The third-order valence-corrected chi connectivity index (χ3v) is 5.39. The molecule has 1 aromatic heterocycles. The molecule has 2 aromatic rings. The fourth-order valence-corrected chi connectivity index (χ4v) is 3.53. The average Bonchev–Trinajstić information content (AvgIpc) is 2.74. The summed E-state index contributed by atoms with van der Waals surface area (Å²) < 4.78 is 13.3. The molecule has 8 heteroatoms. The highest BCUT2D eigenvalue weighted by molar-refractivity contribution is 14.0. The van der Waals surface area contributed by atoms with E-state index in [1.165, 1.54) is 6.07 Å². The lowest BCUT2D eigenvalue weighted by atomic mass is 10.1. The van der Waals surface area contributed by atoms with E-state index in [0.29, 0.717) is 6.54 Å². The first-order valence-electron chi connectivity index (χ1n) is 10.7. The van der Waals surface area contributed by atoms with Gasteiger partial charge in [-0.15, -0.1) is 24.0 Å². The average molecular weight is 540 g/mol.